The number of likely N-dealkylation sites (N-methyl/N-ethyl adjacent to an activating group) is 1. The zero-order chi connectivity index (χ0) is 12.0. The van der Waals surface area contributed by atoms with Gasteiger partial charge in [0.1, 0.15) is 6.04 Å². The molecule has 0 fully saturated rings. The van der Waals surface area contributed by atoms with Crippen LogP contribution in [0.15, 0.2) is 30.3 Å². The average Bonchev–Trinajstić information content (AvgIpc) is 2.35. The maximum atomic E-state index is 11.6. The smallest absolute Gasteiger partial charge is 0.251 e. The highest BCUT2D eigenvalue weighted by atomic mass is 16.3. The van der Waals surface area contributed by atoms with Gasteiger partial charge in [-0.3, -0.25) is 9.59 Å². The van der Waals surface area contributed by atoms with Crippen molar-refractivity contribution in [3.63, 3.8) is 0 Å². The lowest BCUT2D eigenvalue weighted by Gasteiger charge is -2.14. The summed E-state index contributed by atoms with van der Waals surface area (Å²) in [7, 11) is 1.44. The number of hydrogen-bond acceptors (Lipinski definition) is 3. The van der Waals surface area contributed by atoms with Gasteiger partial charge >= 0.3 is 0 Å². The predicted molar refractivity (Wildman–Crippen MR) is 58.8 cm³/mol. The first-order valence-electron chi connectivity index (χ1n) is 4.87. The Hall–Kier alpha value is -1.88. The van der Waals surface area contributed by atoms with E-state index in [1.807, 2.05) is 0 Å². The van der Waals surface area contributed by atoms with Crippen molar-refractivity contribution in [1.29, 1.82) is 0 Å². The second-order valence-corrected chi connectivity index (χ2v) is 3.19. The third-order valence-electron chi connectivity index (χ3n) is 2.09. The van der Waals surface area contributed by atoms with Gasteiger partial charge in [-0.25, -0.2) is 0 Å². The van der Waals surface area contributed by atoms with E-state index in [9.17, 15) is 9.59 Å². The van der Waals surface area contributed by atoms with Crippen molar-refractivity contribution >= 4 is 11.8 Å². The van der Waals surface area contributed by atoms with Gasteiger partial charge in [0.15, 0.2) is 0 Å². The molecule has 0 aliphatic heterocycles. The Morgan fingerprint density at radius 2 is 1.94 bits per heavy atom. The summed E-state index contributed by atoms with van der Waals surface area (Å²) >= 11 is 0. The first-order valence-corrected chi connectivity index (χ1v) is 4.87. The summed E-state index contributed by atoms with van der Waals surface area (Å²) in [5, 5.41) is 13.7. The van der Waals surface area contributed by atoms with Crippen LogP contribution in [0.2, 0.25) is 0 Å². The minimum atomic E-state index is -0.919. The van der Waals surface area contributed by atoms with Crippen LogP contribution in [0.1, 0.15) is 10.4 Å². The summed E-state index contributed by atoms with van der Waals surface area (Å²) < 4.78 is 0. The number of aliphatic hydroxyl groups excluding tert-OH is 1. The molecule has 5 nitrogen and oxygen atoms in total. The number of nitrogens with one attached hydrogen (secondary N) is 2. The quantitative estimate of drug-likeness (QED) is 0.644. The van der Waals surface area contributed by atoms with Gasteiger partial charge in [-0.2, -0.15) is 0 Å². The van der Waals surface area contributed by atoms with E-state index in [0.717, 1.165) is 0 Å². The Bertz CT molecular complexity index is 365. The van der Waals surface area contributed by atoms with E-state index in [4.69, 9.17) is 5.11 Å². The molecule has 0 aliphatic rings. The molecular weight excluding hydrogens is 208 g/mol. The Morgan fingerprint density at radius 3 is 2.44 bits per heavy atom. The molecule has 0 saturated carbocycles. The lowest BCUT2D eigenvalue weighted by Crippen LogP contribution is -2.47. The van der Waals surface area contributed by atoms with Crippen molar-refractivity contribution in [2.75, 3.05) is 13.7 Å². The summed E-state index contributed by atoms with van der Waals surface area (Å²) in [5.74, 6) is -0.810. The van der Waals surface area contributed by atoms with Crippen molar-refractivity contribution < 1.29 is 14.7 Å². The molecule has 0 aliphatic carbocycles. The van der Waals surface area contributed by atoms with Gasteiger partial charge in [0, 0.05) is 12.6 Å². The lowest BCUT2D eigenvalue weighted by molar-refractivity contribution is -0.123. The van der Waals surface area contributed by atoms with E-state index in [-0.39, 0.29) is 5.91 Å². The van der Waals surface area contributed by atoms with E-state index in [1.165, 1.54) is 7.05 Å². The van der Waals surface area contributed by atoms with Crippen LogP contribution in [0, 0.1) is 0 Å². The molecule has 2 amide bonds. The van der Waals surface area contributed by atoms with E-state index in [2.05, 4.69) is 10.6 Å². The standard InChI is InChI=1S/C11H14N2O3/c1-12-11(16)9(7-14)13-10(15)8-5-3-2-4-6-8/h2-6,9,14H,7H2,1H3,(H,12,16)(H,13,15)/t9-/m0/s1. The SMILES string of the molecule is CNC(=O)[C@H](CO)NC(=O)c1ccccc1. The topological polar surface area (TPSA) is 78.4 Å². The maximum absolute atomic E-state index is 11.6. The molecule has 16 heavy (non-hydrogen) atoms. The third-order valence-corrected chi connectivity index (χ3v) is 2.09. The Balaban J connectivity index is 2.66. The van der Waals surface area contributed by atoms with Gasteiger partial charge in [-0.15, -0.1) is 0 Å². The van der Waals surface area contributed by atoms with E-state index < -0.39 is 18.6 Å². The number of carbonyl (C=O) groups excluding carboxylic acids is 2. The van der Waals surface area contributed by atoms with Crippen LogP contribution in [0.5, 0.6) is 0 Å². The van der Waals surface area contributed by atoms with Gasteiger partial charge in [-0.1, -0.05) is 18.2 Å². The first kappa shape index (κ1) is 12.2. The van der Waals surface area contributed by atoms with Crippen LogP contribution in [0.25, 0.3) is 0 Å². The summed E-state index contributed by atoms with van der Waals surface area (Å²) in [4.78, 5) is 22.9. The Kier molecular flexibility index (Phi) is 4.47. The predicted octanol–water partition coefficient (Wildman–Crippen LogP) is -0.477. The molecule has 0 saturated heterocycles. The van der Waals surface area contributed by atoms with Gasteiger partial charge in [0.25, 0.3) is 5.91 Å². The first-order chi connectivity index (χ1) is 7.69. The minimum Gasteiger partial charge on any atom is -0.394 e. The van der Waals surface area contributed by atoms with Crippen LogP contribution in [-0.4, -0.2) is 36.6 Å². The number of carbonyl (C=O) groups is 2. The second-order valence-electron chi connectivity index (χ2n) is 3.19. The zero-order valence-electron chi connectivity index (χ0n) is 8.93. The second kappa shape index (κ2) is 5.87. The number of amides is 2. The molecule has 0 heterocycles. The molecule has 86 valence electrons. The van der Waals surface area contributed by atoms with Gasteiger partial charge < -0.3 is 15.7 Å². The molecule has 5 heteroatoms. The fourth-order valence-electron chi connectivity index (χ4n) is 1.20. The third kappa shape index (κ3) is 3.06. The molecule has 3 N–H and O–H groups in total. The highest BCUT2D eigenvalue weighted by Crippen LogP contribution is 1.98. The maximum Gasteiger partial charge on any atom is 0.251 e. The molecule has 1 atom stereocenters. The molecule has 0 spiro atoms. The number of hydrogen-bond donors (Lipinski definition) is 3. The summed E-state index contributed by atoms with van der Waals surface area (Å²) in [5.41, 5.74) is 0.449. The Morgan fingerprint density at radius 1 is 1.31 bits per heavy atom. The van der Waals surface area contributed by atoms with Gasteiger partial charge in [-0.05, 0) is 12.1 Å². The van der Waals surface area contributed by atoms with Crippen molar-refractivity contribution in [3.8, 4) is 0 Å². The largest absolute Gasteiger partial charge is 0.394 e. The summed E-state index contributed by atoms with van der Waals surface area (Å²) in [6.45, 7) is -0.432. The van der Waals surface area contributed by atoms with Crippen LogP contribution in [-0.2, 0) is 4.79 Å². The summed E-state index contributed by atoms with van der Waals surface area (Å²) in [6, 6.07) is 7.59. The van der Waals surface area contributed by atoms with E-state index in [1.54, 1.807) is 30.3 Å². The normalized spacial score (nSPS) is 11.6. The van der Waals surface area contributed by atoms with Crippen LogP contribution in [0.4, 0.5) is 0 Å². The fraction of sp³-hybridized carbons (Fsp3) is 0.273. The van der Waals surface area contributed by atoms with Gasteiger partial charge in [0.2, 0.25) is 5.91 Å². The minimum absolute atomic E-state index is 0.386. The van der Waals surface area contributed by atoms with Crippen molar-refractivity contribution in [2.24, 2.45) is 0 Å². The van der Waals surface area contributed by atoms with E-state index in [0.29, 0.717) is 5.56 Å². The molecule has 1 rings (SSSR count). The Labute approximate surface area is 93.5 Å². The van der Waals surface area contributed by atoms with Crippen molar-refractivity contribution in [3.05, 3.63) is 35.9 Å². The molecular formula is C11H14N2O3. The molecule has 0 radical (unpaired) electrons. The van der Waals surface area contributed by atoms with Crippen molar-refractivity contribution in [2.45, 2.75) is 6.04 Å². The molecule has 0 bridgehead atoms. The number of benzene rings is 1. The fourth-order valence-corrected chi connectivity index (χ4v) is 1.20. The molecule has 1 aromatic carbocycles. The van der Waals surface area contributed by atoms with Crippen molar-refractivity contribution in [1.82, 2.24) is 10.6 Å². The number of rotatable bonds is 4. The highest BCUT2D eigenvalue weighted by Gasteiger charge is 2.18. The lowest BCUT2D eigenvalue weighted by atomic mass is 10.2. The molecule has 0 unspecified atom stereocenters. The van der Waals surface area contributed by atoms with E-state index >= 15 is 0 Å². The molecule has 1 aromatic rings. The highest BCUT2D eigenvalue weighted by molar-refractivity contribution is 5.97. The summed E-state index contributed by atoms with van der Waals surface area (Å²) in [6.07, 6.45) is 0. The van der Waals surface area contributed by atoms with Crippen LogP contribution in [0.3, 0.4) is 0 Å². The van der Waals surface area contributed by atoms with Crippen LogP contribution >= 0.6 is 0 Å². The average molecular weight is 222 g/mol. The number of aliphatic hydroxyl groups is 1. The van der Waals surface area contributed by atoms with Gasteiger partial charge in [0.05, 0.1) is 6.61 Å². The van der Waals surface area contributed by atoms with Crippen LogP contribution < -0.4 is 10.6 Å². The zero-order valence-corrected chi connectivity index (χ0v) is 8.93. The monoisotopic (exact) mass is 222 g/mol. The molecule has 0 aromatic heterocycles.